The van der Waals surface area contributed by atoms with E-state index in [1.807, 2.05) is 24.3 Å². The predicted octanol–water partition coefficient (Wildman–Crippen LogP) is 1.16. The van der Waals surface area contributed by atoms with Crippen LogP contribution in [0.15, 0.2) is 65.6 Å². The van der Waals surface area contributed by atoms with Crippen molar-refractivity contribution in [3.8, 4) is 6.07 Å². The molecule has 0 unspecified atom stereocenters. The van der Waals surface area contributed by atoms with E-state index in [4.69, 9.17) is 5.26 Å². The summed E-state index contributed by atoms with van der Waals surface area (Å²) in [7, 11) is -3.53. The molecule has 0 atom stereocenters. The Morgan fingerprint density at radius 3 is 2.50 bits per heavy atom. The summed E-state index contributed by atoms with van der Waals surface area (Å²) in [5.74, 6) is 0. The van der Waals surface area contributed by atoms with Crippen LogP contribution in [0.3, 0.4) is 0 Å². The summed E-state index contributed by atoms with van der Waals surface area (Å²) in [6.07, 6.45) is 4.24. The minimum atomic E-state index is -3.53. The van der Waals surface area contributed by atoms with Crippen LogP contribution in [0.1, 0.15) is 11.1 Å². The zero-order valence-electron chi connectivity index (χ0n) is 14.5. The average molecular weight is 368 g/mol. The fourth-order valence-corrected chi connectivity index (χ4v) is 4.54. The van der Waals surface area contributed by atoms with Gasteiger partial charge in [0.2, 0.25) is 10.0 Å². The lowest BCUT2D eigenvalue weighted by atomic mass is 10.2. The van der Waals surface area contributed by atoms with Gasteiger partial charge < -0.3 is 4.90 Å². The molecule has 1 fully saturated rings. The van der Waals surface area contributed by atoms with Crippen molar-refractivity contribution in [3.63, 3.8) is 0 Å². The molecule has 5 nitrogen and oxygen atoms in total. The van der Waals surface area contributed by atoms with Gasteiger partial charge in [-0.15, -0.1) is 0 Å². The first kappa shape index (κ1) is 18.3. The van der Waals surface area contributed by atoms with Gasteiger partial charge in [0, 0.05) is 0 Å². The van der Waals surface area contributed by atoms with Gasteiger partial charge in [-0.3, -0.25) is 0 Å². The zero-order valence-corrected chi connectivity index (χ0v) is 15.3. The Morgan fingerprint density at radius 1 is 1.08 bits per heavy atom. The maximum Gasteiger partial charge on any atom is 0.243 e. The van der Waals surface area contributed by atoms with E-state index in [0.717, 1.165) is 19.6 Å². The van der Waals surface area contributed by atoms with Gasteiger partial charge >= 0.3 is 0 Å². The molecule has 0 saturated carbocycles. The first-order valence-electron chi connectivity index (χ1n) is 8.65. The van der Waals surface area contributed by atoms with Crippen LogP contribution < -0.4 is 4.90 Å². The quantitative estimate of drug-likeness (QED) is 0.861. The summed E-state index contributed by atoms with van der Waals surface area (Å²) in [5.41, 5.74) is 1.53. The average Bonchev–Trinajstić information content (AvgIpc) is 2.69. The SMILES string of the molecule is N#Cc1cccc(S(=O)(=O)N2CC[NH+](C/C=C/c3ccccc3)CC2)c1. The van der Waals surface area contributed by atoms with Crippen molar-refractivity contribution in [3.05, 3.63) is 71.8 Å². The first-order valence-corrected chi connectivity index (χ1v) is 10.1. The van der Waals surface area contributed by atoms with E-state index in [-0.39, 0.29) is 4.90 Å². The molecule has 26 heavy (non-hydrogen) atoms. The molecule has 0 bridgehead atoms. The molecule has 1 N–H and O–H groups in total. The van der Waals surface area contributed by atoms with Gasteiger partial charge in [-0.1, -0.05) is 42.5 Å². The van der Waals surface area contributed by atoms with Crippen LogP contribution in [0.4, 0.5) is 0 Å². The molecule has 0 amide bonds. The van der Waals surface area contributed by atoms with Crippen molar-refractivity contribution >= 4 is 16.1 Å². The fraction of sp³-hybridized carbons (Fsp3) is 0.250. The lowest BCUT2D eigenvalue weighted by Crippen LogP contribution is -3.14. The van der Waals surface area contributed by atoms with Gasteiger partial charge in [-0.2, -0.15) is 9.57 Å². The molecule has 0 radical (unpaired) electrons. The Balaban J connectivity index is 1.57. The molecule has 2 aromatic carbocycles. The Kier molecular flexibility index (Phi) is 5.84. The second kappa shape index (κ2) is 8.28. The molecule has 2 aromatic rings. The molecule has 0 aliphatic carbocycles. The van der Waals surface area contributed by atoms with Gasteiger partial charge in [-0.25, -0.2) is 8.42 Å². The minimum Gasteiger partial charge on any atom is -0.329 e. The van der Waals surface area contributed by atoms with Crippen molar-refractivity contribution < 1.29 is 13.3 Å². The monoisotopic (exact) mass is 368 g/mol. The van der Waals surface area contributed by atoms with Gasteiger partial charge in [0.25, 0.3) is 0 Å². The summed E-state index contributed by atoms with van der Waals surface area (Å²) in [5, 5.41) is 8.97. The molecule has 0 aromatic heterocycles. The highest BCUT2D eigenvalue weighted by Crippen LogP contribution is 2.16. The van der Waals surface area contributed by atoms with E-state index in [9.17, 15) is 8.42 Å². The molecular formula is C20H22N3O2S+. The smallest absolute Gasteiger partial charge is 0.243 e. The normalized spacial score (nSPS) is 16.6. The molecular weight excluding hydrogens is 346 g/mol. The van der Waals surface area contributed by atoms with Crippen LogP contribution >= 0.6 is 0 Å². The number of piperazine rings is 1. The number of nitriles is 1. The van der Waals surface area contributed by atoms with Crippen molar-refractivity contribution in [2.45, 2.75) is 4.90 Å². The third-order valence-electron chi connectivity index (χ3n) is 4.55. The topological polar surface area (TPSA) is 65.6 Å². The van der Waals surface area contributed by atoms with E-state index >= 15 is 0 Å². The number of hydrogen-bond acceptors (Lipinski definition) is 3. The highest BCUT2D eigenvalue weighted by Gasteiger charge is 2.30. The van der Waals surface area contributed by atoms with E-state index in [0.29, 0.717) is 18.7 Å². The third-order valence-corrected chi connectivity index (χ3v) is 6.44. The molecule has 1 heterocycles. The lowest BCUT2D eigenvalue weighted by molar-refractivity contribution is -0.897. The number of hydrogen-bond donors (Lipinski definition) is 1. The van der Waals surface area contributed by atoms with Crippen molar-refractivity contribution in [1.82, 2.24) is 4.31 Å². The molecule has 1 aliphatic rings. The number of nitrogens with one attached hydrogen (secondary N) is 1. The number of nitrogens with zero attached hydrogens (tertiary/aromatic N) is 2. The number of sulfonamides is 1. The van der Waals surface area contributed by atoms with Crippen molar-refractivity contribution in [2.24, 2.45) is 0 Å². The van der Waals surface area contributed by atoms with Gasteiger partial charge in [0.1, 0.15) is 0 Å². The van der Waals surface area contributed by atoms with E-state index in [1.54, 1.807) is 18.2 Å². The molecule has 1 saturated heterocycles. The van der Waals surface area contributed by atoms with Crippen LogP contribution in [-0.2, 0) is 10.0 Å². The summed E-state index contributed by atoms with van der Waals surface area (Å²) < 4.78 is 27.0. The molecule has 0 spiro atoms. The highest BCUT2D eigenvalue weighted by atomic mass is 32.2. The largest absolute Gasteiger partial charge is 0.329 e. The van der Waals surface area contributed by atoms with Gasteiger partial charge in [0.15, 0.2) is 0 Å². The van der Waals surface area contributed by atoms with Crippen molar-refractivity contribution in [2.75, 3.05) is 32.7 Å². The van der Waals surface area contributed by atoms with E-state index in [1.165, 1.54) is 20.8 Å². The van der Waals surface area contributed by atoms with Crippen LogP contribution in [0.25, 0.3) is 6.08 Å². The minimum absolute atomic E-state index is 0.198. The second-order valence-electron chi connectivity index (χ2n) is 6.31. The summed E-state index contributed by atoms with van der Waals surface area (Å²) in [4.78, 5) is 1.57. The molecule has 1 aliphatic heterocycles. The molecule has 6 heteroatoms. The van der Waals surface area contributed by atoms with Crippen LogP contribution in [0.5, 0.6) is 0 Å². The van der Waals surface area contributed by atoms with Crippen LogP contribution in [0, 0.1) is 11.3 Å². The predicted molar refractivity (Wildman–Crippen MR) is 101 cm³/mol. The van der Waals surface area contributed by atoms with Crippen molar-refractivity contribution in [1.29, 1.82) is 5.26 Å². The van der Waals surface area contributed by atoms with Gasteiger partial charge in [-0.05, 0) is 29.8 Å². The van der Waals surface area contributed by atoms with E-state index < -0.39 is 10.0 Å². The summed E-state index contributed by atoms with van der Waals surface area (Å²) in [6, 6.07) is 18.4. The molecule has 134 valence electrons. The number of quaternary nitrogens is 1. The standard InChI is InChI=1S/C20H21N3O2S/c21-17-19-8-4-10-20(16-19)26(24,25)23-14-12-22(13-15-23)11-5-9-18-6-2-1-3-7-18/h1-10,16H,11-15H2/p+1/b9-5+. The zero-order chi connectivity index (χ0) is 18.4. The van der Waals surface area contributed by atoms with Crippen LogP contribution in [-0.4, -0.2) is 45.4 Å². The Labute approximate surface area is 154 Å². The van der Waals surface area contributed by atoms with Gasteiger partial charge in [0.05, 0.1) is 49.3 Å². The Hall–Kier alpha value is -2.46. The summed E-state index contributed by atoms with van der Waals surface area (Å²) in [6.45, 7) is 3.42. The maximum atomic E-state index is 12.8. The number of rotatable bonds is 5. The maximum absolute atomic E-state index is 12.8. The highest BCUT2D eigenvalue weighted by molar-refractivity contribution is 7.89. The Bertz CT molecular complexity index is 910. The summed E-state index contributed by atoms with van der Waals surface area (Å²) >= 11 is 0. The lowest BCUT2D eigenvalue weighted by Gasteiger charge is -2.31. The Morgan fingerprint density at radius 2 is 1.81 bits per heavy atom. The van der Waals surface area contributed by atoms with Crippen LogP contribution in [0.2, 0.25) is 0 Å². The molecule has 3 rings (SSSR count). The number of benzene rings is 2. The first-order chi connectivity index (χ1) is 12.6. The fourth-order valence-electron chi connectivity index (χ4n) is 3.05. The second-order valence-corrected chi connectivity index (χ2v) is 8.25. The van der Waals surface area contributed by atoms with E-state index in [2.05, 4.69) is 24.3 Å². The third kappa shape index (κ3) is 4.38.